The number of hydrogen-bond acceptors (Lipinski definition) is 8. The van der Waals surface area contributed by atoms with Crippen LogP contribution in [0.5, 0.6) is 17.2 Å². The largest absolute Gasteiger partial charge is 0.497 e. The highest BCUT2D eigenvalue weighted by Gasteiger charge is 2.39. The maximum absolute atomic E-state index is 15.4. The summed E-state index contributed by atoms with van der Waals surface area (Å²) in [7, 11) is -1.57. The van der Waals surface area contributed by atoms with Crippen LogP contribution in [0.1, 0.15) is 18.9 Å². The van der Waals surface area contributed by atoms with Crippen molar-refractivity contribution in [3.63, 3.8) is 0 Å². The summed E-state index contributed by atoms with van der Waals surface area (Å²) in [5.41, 5.74) is 1.01. The van der Waals surface area contributed by atoms with E-state index in [-0.39, 0.29) is 36.2 Å². The second-order valence-electron chi connectivity index (χ2n) is 8.76. The van der Waals surface area contributed by atoms with Crippen LogP contribution in [0.4, 0.5) is 15.0 Å². The van der Waals surface area contributed by atoms with E-state index >= 15 is 4.39 Å². The maximum atomic E-state index is 15.4. The fourth-order valence-electron chi connectivity index (χ4n) is 4.11. The highest BCUT2D eigenvalue weighted by atomic mass is 35.5. The number of ether oxygens (including phenoxy) is 3. The van der Waals surface area contributed by atoms with Crippen LogP contribution in [0.2, 0.25) is 5.02 Å². The molecule has 0 radical (unpaired) electrons. The topological polar surface area (TPSA) is 118 Å². The zero-order chi connectivity index (χ0) is 27.7. The van der Waals surface area contributed by atoms with E-state index in [9.17, 15) is 18.3 Å². The van der Waals surface area contributed by atoms with Gasteiger partial charge in [-0.2, -0.15) is 0 Å². The van der Waals surface area contributed by atoms with Crippen LogP contribution >= 0.6 is 22.9 Å². The Labute approximate surface area is 228 Å². The van der Waals surface area contributed by atoms with E-state index in [1.165, 1.54) is 41.3 Å². The standard InChI is InChI=1S/C24H25ClFN3O7S2/c1-24(6-7-28(13-24)23(30)31)36-20-10-18(26)21(9-17(20)25)38(32,33)29(22-12-37-14-27-22)11-15-4-5-16(34-2)8-19(15)35-3/h4-5,8-10,12,14H,6-7,11,13H2,1-3H3,(H,30,31). The molecular weight excluding hydrogens is 561 g/mol. The van der Waals surface area contributed by atoms with E-state index in [1.54, 1.807) is 25.1 Å². The molecule has 1 amide bonds. The number of benzene rings is 2. The minimum Gasteiger partial charge on any atom is -0.497 e. The fraction of sp³-hybridized carbons (Fsp3) is 0.333. The van der Waals surface area contributed by atoms with Crippen LogP contribution in [-0.2, 0) is 16.6 Å². The lowest BCUT2D eigenvalue weighted by Gasteiger charge is -2.27. The number of likely N-dealkylation sites (tertiary alicyclic amines) is 1. The van der Waals surface area contributed by atoms with Gasteiger partial charge >= 0.3 is 6.09 Å². The molecule has 0 bridgehead atoms. The molecule has 1 aliphatic rings. The first-order chi connectivity index (χ1) is 18.0. The van der Waals surface area contributed by atoms with Gasteiger partial charge in [-0.05, 0) is 25.1 Å². The van der Waals surface area contributed by atoms with Gasteiger partial charge in [0.1, 0.15) is 33.6 Å². The Kier molecular flexibility index (Phi) is 7.90. The monoisotopic (exact) mass is 585 g/mol. The number of nitrogens with zero attached hydrogens (tertiary/aromatic N) is 3. The number of amides is 1. The third kappa shape index (κ3) is 5.59. The van der Waals surface area contributed by atoms with Gasteiger partial charge in [-0.25, -0.2) is 26.9 Å². The number of hydrogen-bond donors (Lipinski definition) is 1. The van der Waals surface area contributed by atoms with E-state index in [0.717, 1.165) is 16.4 Å². The van der Waals surface area contributed by atoms with Gasteiger partial charge in [0.15, 0.2) is 5.82 Å². The summed E-state index contributed by atoms with van der Waals surface area (Å²) >= 11 is 7.55. The van der Waals surface area contributed by atoms with Gasteiger partial charge in [0.05, 0.1) is 37.8 Å². The highest BCUT2D eigenvalue weighted by Crippen LogP contribution is 2.37. The average Bonchev–Trinajstić information content (AvgIpc) is 3.54. The summed E-state index contributed by atoms with van der Waals surface area (Å²) in [6.45, 7) is 1.77. The molecule has 1 fully saturated rings. The van der Waals surface area contributed by atoms with Crippen LogP contribution in [0.25, 0.3) is 0 Å². The molecule has 1 saturated heterocycles. The minimum atomic E-state index is -4.51. The molecule has 1 aliphatic heterocycles. The number of anilines is 1. The van der Waals surface area contributed by atoms with Crippen molar-refractivity contribution < 1.29 is 36.9 Å². The van der Waals surface area contributed by atoms with Gasteiger partial charge in [0, 0.05) is 36.0 Å². The van der Waals surface area contributed by atoms with E-state index in [1.807, 2.05) is 0 Å². The minimum absolute atomic E-state index is 0.0572. The normalized spacial score (nSPS) is 17.3. The molecule has 1 N–H and O–H groups in total. The lowest BCUT2D eigenvalue weighted by molar-refractivity contribution is 0.0914. The fourth-order valence-corrected chi connectivity index (χ4v) is 6.44. The number of aromatic nitrogens is 1. The van der Waals surface area contributed by atoms with Crippen molar-refractivity contribution in [2.24, 2.45) is 0 Å². The van der Waals surface area contributed by atoms with Gasteiger partial charge in [-0.15, -0.1) is 11.3 Å². The van der Waals surface area contributed by atoms with E-state index in [2.05, 4.69) is 4.98 Å². The summed E-state index contributed by atoms with van der Waals surface area (Å²) in [6, 6.07) is 6.80. The lowest BCUT2D eigenvalue weighted by Crippen LogP contribution is -2.38. The van der Waals surface area contributed by atoms with Crippen molar-refractivity contribution in [1.29, 1.82) is 0 Å². The van der Waals surface area contributed by atoms with Crippen LogP contribution in [0, 0.1) is 5.82 Å². The van der Waals surface area contributed by atoms with Gasteiger partial charge in [0.25, 0.3) is 10.0 Å². The molecule has 204 valence electrons. The van der Waals surface area contributed by atoms with Crippen molar-refractivity contribution in [2.45, 2.75) is 30.4 Å². The number of sulfonamides is 1. The third-order valence-electron chi connectivity index (χ3n) is 6.10. The molecule has 0 saturated carbocycles. The summed E-state index contributed by atoms with van der Waals surface area (Å²) in [6.07, 6.45) is -0.731. The number of thiazole rings is 1. The van der Waals surface area contributed by atoms with Crippen LogP contribution in [-0.4, -0.2) is 62.4 Å². The Morgan fingerprint density at radius 1 is 1.26 bits per heavy atom. The molecule has 0 spiro atoms. The molecule has 1 atom stereocenters. The molecule has 2 heterocycles. The zero-order valence-corrected chi connectivity index (χ0v) is 23.1. The second kappa shape index (κ2) is 10.8. The number of carbonyl (C=O) groups is 1. The first-order valence-electron chi connectivity index (χ1n) is 11.2. The lowest BCUT2D eigenvalue weighted by atomic mass is 10.1. The molecule has 0 aliphatic carbocycles. The van der Waals surface area contributed by atoms with Crippen LogP contribution < -0.4 is 18.5 Å². The summed E-state index contributed by atoms with van der Waals surface area (Å²) < 4.78 is 60.4. The van der Waals surface area contributed by atoms with Crippen molar-refractivity contribution >= 4 is 44.9 Å². The number of halogens is 2. The average molecular weight is 586 g/mol. The van der Waals surface area contributed by atoms with Crippen LogP contribution in [0.3, 0.4) is 0 Å². The molecule has 3 aromatic rings. The summed E-state index contributed by atoms with van der Waals surface area (Å²) in [5.74, 6) is -0.180. The maximum Gasteiger partial charge on any atom is 0.407 e. The molecule has 14 heteroatoms. The number of rotatable bonds is 9. The highest BCUT2D eigenvalue weighted by molar-refractivity contribution is 7.92. The summed E-state index contributed by atoms with van der Waals surface area (Å²) in [5, 5.41) is 10.6. The van der Waals surface area contributed by atoms with Crippen molar-refractivity contribution in [3.8, 4) is 17.2 Å². The summed E-state index contributed by atoms with van der Waals surface area (Å²) in [4.78, 5) is 15.9. The van der Waals surface area contributed by atoms with E-state index in [0.29, 0.717) is 23.5 Å². The molecular formula is C24H25ClFN3O7S2. The Morgan fingerprint density at radius 2 is 2.03 bits per heavy atom. The molecule has 10 nitrogen and oxygen atoms in total. The first kappa shape index (κ1) is 27.7. The van der Waals surface area contributed by atoms with Crippen molar-refractivity contribution in [2.75, 3.05) is 31.6 Å². The van der Waals surface area contributed by atoms with E-state index < -0.39 is 32.4 Å². The Bertz CT molecular complexity index is 1440. The molecule has 4 rings (SSSR count). The van der Waals surface area contributed by atoms with E-state index in [4.69, 9.17) is 25.8 Å². The predicted octanol–water partition coefficient (Wildman–Crippen LogP) is 4.87. The van der Waals surface area contributed by atoms with Crippen molar-refractivity contribution in [1.82, 2.24) is 9.88 Å². The number of carboxylic acid groups (broad SMARTS) is 1. The smallest absolute Gasteiger partial charge is 0.407 e. The molecule has 2 aromatic carbocycles. The Balaban J connectivity index is 1.69. The second-order valence-corrected chi connectivity index (χ2v) is 11.7. The SMILES string of the molecule is COc1ccc(CN(c2cscn2)S(=O)(=O)c2cc(Cl)c(OC3(C)CCN(C(=O)O)C3)cc2F)c(OC)c1. The van der Waals surface area contributed by atoms with Crippen molar-refractivity contribution in [3.05, 3.63) is 57.6 Å². The van der Waals surface area contributed by atoms with Gasteiger partial charge in [-0.3, -0.25) is 0 Å². The van der Waals surface area contributed by atoms with Gasteiger partial charge < -0.3 is 24.2 Å². The van der Waals surface area contributed by atoms with Gasteiger partial charge in [0.2, 0.25) is 0 Å². The first-order valence-corrected chi connectivity index (χ1v) is 14.0. The Hall–Kier alpha value is -3.29. The third-order valence-corrected chi connectivity index (χ3v) is 8.73. The number of methoxy groups -OCH3 is 2. The zero-order valence-electron chi connectivity index (χ0n) is 20.7. The van der Waals surface area contributed by atoms with Crippen LogP contribution in [0.15, 0.2) is 46.1 Å². The molecule has 1 aromatic heterocycles. The molecule has 1 unspecified atom stereocenters. The Morgan fingerprint density at radius 3 is 2.63 bits per heavy atom. The molecule has 38 heavy (non-hydrogen) atoms. The quantitative estimate of drug-likeness (QED) is 0.378. The van der Waals surface area contributed by atoms with Gasteiger partial charge in [-0.1, -0.05) is 11.6 Å². The predicted molar refractivity (Wildman–Crippen MR) is 140 cm³/mol.